The minimum Gasteiger partial charge on any atom is -0.465 e. The topological polar surface area (TPSA) is 50.3 Å². The Morgan fingerprint density at radius 3 is 2.39 bits per heavy atom. The summed E-state index contributed by atoms with van der Waals surface area (Å²) in [7, 11) is 3.33. The van der Waals surface area contributed by atoms with Gasteiger partial charge in [0.1, 0.15) is 5.82 Å². The van der Waals surface area contributed by atoms with E-state index in [-0.39, 0.29) is 23.3 Å². The lowest BCUT2D eigenvalue weighted by atomic mass is 9.85. The molecule has 0 spiro atoms. The number of aromatic nitrogens is 2. The standard InChI is InChI=1S/C24H31BrFN3O2.C2H6/c1-15-13-22(28(4)27-9-6-20(15)25)17(3)29-10-7-18(8-11-29)23-16(2)12-19(14-21(23)26)24(30)31-5;1-2/h6,9,12-14,17-18,27H,7-8,10-11H2,1-5H3;1-2H3. The van der Waals surface area contributed by atoms with Crippen molar-refractivity contribution in [3.8, 4) is 0 Å². The highest BCUT2D eigenvalue weighted by molar-refractivity contribution is 9.10. The molecule has 0 saturated carbocycles. The fraction of sp³-hybridized carbons (Fsp3) is 0.500. The third kappa shape index (κ3) is 6.48. The number of rotatable bonds is 4. The number of aromatic amines is 1. The third-order valence-corrected chi connectivity index (χ3v) is 7.19. The average molecular weight is 523 g/mol. The zero-order valence-corrected chi connectivity index (χ0v) is 22.4. The van der Waals surface area contributed by atoms with Crippen LogP contribution in [0.25, 0.3) is 0 Å². The lowest BCUT2D eigenvalue weighted by Crippen LogP contribution is -2.36. The van der Waals surface area contributed by atoms with Crippen LogP contribution < -0.4 is 0 Å². The van der Waals surface area contributed by atoms with Crippen LogP contribution in [0.4, 0.5) is 4.39 Å². The number of aryl methyl sites for hydroxylation is 3. The number of hydrogen-bond acceptors (Lipinski definition) is 3. The van der Waals surface area contributed by atoms with Crippen molar-refractivity contribution >= 4 is 21.9 Å². The molecule has 0 aliphatic carbocycles. The maximum Gasteiger partial charge on any atom is 0.337 e. The van der Waals surface area contributed by atoms with E-state index in [4.69, 9.17) is 4.74 Å². The smallest absolute Gasteiger partial charge is 0.337 e. The second kappa shape index (κ2) is 12.4. The largest absolute Gasteiger partial charge is 0.465 e. The van der Waals surface area contributed by atoms with Crippen molar-refractivity contribution in [2.24, 2.45) is 7.05 Å². The van der Waals surface area contributed by atoms with Crippen molar-refractivity contribution in [1.29, 1.82) is 0 Å². The predicted molar refractivity (Wildman–Crippen MR) is 136 cm³/mol. The summed E-state index contributed by atoms with van der Waals surface area (Å²) in [6.45, 7) is 12.0. The number of nitrogens with one attached hydrogen (secondary N) is 1. The predicted octanol–water partition coefficient (Wildman–Crippen LogP) is 6.75. The van der Waals surface area contributed by atoms with E-state index in [0.29, 0.717) is 0 Å². The summed E-state index contributed by atoms with van der Waals surface area (Å²) in [5.74, 6) is -0.666. The van der Waals surface area contributed by atoms with Gasteiger partial charge in [-0.2, -0.15) is 0 Å². The van der Waals surface area contributed by atoms with Crippen LogP contribution in [0.5, 0.6) is 0 Å². The summed E-state index contributed by atoms with van der Waals surface area (Å²) in [5, 5.41) is 3.28. The highest BCUT2D eigenvalue weighted by Gasteiger charge is 2.28. The number of methoxy groups -OCH3 is 1. The molecule has 7 heteroatoms. The molecule has 1 fully saturated rings. The zero-order valence-electron chi connectivity index (χ0n) is 20.8. The van der Waals surface area contributed by atoms with Crippen LogP contribution in [0.3, 0.4) is 0 Å². The van der Waals surface area contributed by atoms with Gasteiger partial charge >= 0.3 is 5.97 Å². The van der Waals surface area contributed by atoms with Crippen molar-refractivity contribution < 1.29 is 13.9 Å². The Labute approximate surface area is 205 Å². The van der Waals surface area contributed by atoms with E-state index in [1.165, 1.54) is 24.4 Å². The second-order valence-corrected chi connectivity index (χ2v) is 9.14. The molecule has 33 heavy (non-hydrogen) atoms. The average Bonchev–Trinajstić information content (AvgIpc) is 2.81. The lowest BCUT2D eigenvalue weighted by molar-refractivity contribution is 0.0600. The van der Waals surface area contributed by atoms with E-state index in [9.17, 15) is 9.18 Å². The van der Waals surface area contributed by atoms with Crippen LogP contribution in [0, 0.1) is 19.7 Å². The van der Waals surface area contributed by atoms with Crippen LogP contribution in [0.2, 0.25) is 0 Å². The summed E-state index contributed by atoms with van der Waals surface area (Å²) in [5.41, 5.74) is 4.17. The van der Waals surface area contributed by atoms with Gasteiger partial charge in [-0.25, -0.2) is 9.18 Å². The van der Waals surface area contributed by atoms with Crippen molar-refractivity contribution in [1.82, 2.24) is 14.7 Å². The molecule has 0 bridgehead atoms. The molecule has 2 heterocycles. The normalized spacial score (nSPS) is 15.3. The molecule has 0 radical (unpaired) electrons. The maximum absolute atomic E-state index is 14.9. The van der Waals surface area contributed by atoms with E-state index >= 15 is 0 Å². The van der Waals surface area contributed by atoms with Gasteiger partial charge in [0.05, 0.1) is 18.4 Å². The first kappa shape index (κ1) is 27.1. The number of carbonyl (C=O) groups excluding carboxylic acids is 1. The summed E-state index contributed by atoms with van der Waals surface area (Å²) < 4.78 is 22.7. The number of nitrogens with zero attached hydrogens (tertiary/aromatic N) is 2. The van der Waals surface area contributed by atoms with Crippen molar-refractivity contribution in [3.63, 3.8) is 0 Å². The van der Waals surface area contributed by atoms with Crippen LogP contribution >= 0.6 is 15.9 Å². The molecule has 1 atom stereocenters. The fourth-order valence-electron chi connectivity index (χ4n) is 4.49. The Bertz CT molecular complexity index is 982. The molecule has 5 nitrogen and oxygen atoms in total. The van der Waals surface area contributed by atoms with Gasteiger partial charge in [-0.15, -0.1) is 0 Å². The molecule has 1 aliphatic heterocycles. The van der Waals surface area contributed by atoms with Gasteiger partial charge < -0.3 is 9.84 Å². The zero-order chi connectivity index (χ0) is 24.7. The number of esters is 1. The van der Waals surface area contributed by atoms with Crippen LogP contribution in [-0.4, -0.2) is 40.8 Å². The number of hydrogen-bond donors (Lipinski definition) is 1. The molecule has 0 amide bonds. The number of ether oxygens (including phenoxy) is 1. The summed E-state index contributed by atoms with van der Waals surface area (Å²) in [6.07, 6.45) is 3.67. The Morgan fingerprint density at radius 2 is 1.82 bits per heavy atom. The summed E-state index contributed by atoms with van der Waals surface area (Å²) in [4.78, 5) is 14.2. The fourth-order valence-corrected chi connectivity index (χ4v) is 4.73. The number of H-pyrrole nitrogens is 1. The molecule has 1 N–H and O–H groups in total. The first-order valence-corrected chi connectivity index (χ1v) is 12.4. The van der Waals surface area contributed by atoms with Gasteiger partial charge in [-0.05, 0) is 93.6 Å². The van der Waals surface area contributed by atoms with Gasteiger partial charge in [0.25, 0.3) is 0 Å². The molecule has 1 saturated heterocycles. The molecule has 1 aromatic heterocycles. The minimum absolute atomic E-state index is 0.149. The van der Waals surface area contributed by atoms with Crippen molar-refractivity contribution in [2.45, 2.75) is 59.4 Å². The Kier molecular flexibility index (Phi) is 10.2. The molecule has 1 unspecified atom stereocenters. The van der Waals surface area contributed by atoms with Crippen LogP contribution in [0.15, 0.2) is 34.9 Å². The Hall–Kier alpha value is -2.12. The van der Waals surface area contributed by atoms with E-state index < -0.39 is 5.97 Å². The summed E-state index contributed by atoms with van der Waals surface area (Å²) in [6, 6.07) is 7.46. The van der Waals surface area contributed by atoms with Gasteiger partial charge in [-0.3, -0.25) is 9.58 Å². The third-order valence-electron chi connectivity index (χ3n) is 6.30. The van der Waals surface area contributed by atoms with E-state index in [1.54, 1.807) is 6.07 Å². The Balaban J connectivity index is 0.00000187. The quantitative estimate of drug-likeness (QED) is 0.452. The van der Waals surface area contributed by atoms with Gasteiger partial charge in [-0.1, -0.05) is 29.8 Å². The van der Waals surface area contributed by atoms with E-state index in [1.807, 2.05) is 44.8 Å². The molecule has 3 rings (SSSR count). The van der Waals surface area contributed by atoms with Crippen LogP contribution in [-0.2, 0) is 11.8 Å². The number of benzene rings is 1. The van der Waals surface area contributed by atoms with Crippen LogP contribution in [0.1, 0.15) is 78.3 Å². The van der Waals surface area contributed by atoms with Crippen molar-refractivity contribution in [3.05, 3.63) is 68.7 Å². The van der Waals surface area contributed by atoms with Gasteiger partial charge in [0.2, 0.25) is 0 Å². The monoisotopic (exact) mass is 521 g/mol. The minimum atomic E-state index is -0.506. The second-order valence-electron chi connectivity index (χ2n) is 8.29. The number of carbonyl (C=O) groups is 1. The molecule has 1 aliphatic rings. The molecular formula is C26H37BrFN3O2. The van der Waals surface area contributed by atoms with Gasteiger partial charge in [0.15, 0.2) is 0 Å². The highest BCUT2D eigenvalue weighted by Crippen LogP contribution is 2.35. The van der Waals surface area contributed by atoms with E-state index in [0.717, 1.165) is 41.5 Å². The van der Waals surface area contributed by atoms with E-state index in [2.05, 4.69) is 45.8 Å². The highest BCUT2D eigenvalue weighted by atomic mass is 79.9. The number of piperidine rings is 1. The first-order valence-electron chi connectivity index (χ1n) is 11.6. The molecule has 1 aromatic carbocycles. The van der Waals surface area contributed by atoms with Crippen molar-refractivity contribution in [2.75, 3.05) is 20.2 Å². The molecular weight excluding hydrogens is 485 g/mol. The number of halogens is 2. The molecule has 182 valence electrons. The lowest BCUT2D eigenvalue weighted by Gasteiger charge is -2.37. The maximum atomic E-state index is 14.9. The molecule has 2 aromatic rings. The van der Waals surface area contributed by atoms with Gasteiger partial charge in [0, 0.05) is 23.8 Å². The Morgan fingerprint density at radius 1 is 1.18 bits per heavy atom. The summed E-state index contributed by atoms with van der Waals surface area (Å²) >= 11 is 3.61. The first-order chi connectivity index (χ1) is 15.7. The SMILES string of the molecule is CC.COC(=O)c1cc(C)c(C2CCN(C(C)c3cc(C)c(Br)cc[nH]n3C)CC2)c(F)c1. The number of likely N-dealkylation sites (tertiary alicyclic amines) is 1.